The van der Waals surface area contributed by atoms with Crippen molar-refractivity contribution in [3.63, 3.8) is 0 Å². The first-order chi connectivity index (χ1) is 11.4. The summed E-state index contributed by atoms with van der Waals surface area (Å²) in [5.74, 6) is 0.228. The molecule has 3 N–H and O–H groups in total. The molecule has 130 valence electrons. The zero-order chi connectivity index (χ0) is 17.7. The molecule has 0 bridgehead atoms. The Morgan fingerprint density at radius 1 is 1.29 bits per heavy atom. The van der Waals surface area contributed by atoms with E-state index in [2.05, 4.69) is 5.32 Å². The van der Waals surface area contributed by atoms with Crippen LogP contribution in [0.3, 0.4) is 0 Å². The van der Waals surface area contributed by atoms with E-state index in [0.717, 1.165) is 6.42 Å². The van der Waals surface area contributed by atoms with E-state index in [1.165, 1.54) is 14.0 Å². The molecule has 1 aromatic rings. The number of hydrogen-bond acceptors (Lipinski definition) is 6. The molecule has 0 radical (unpaired) electrons. The van der Waals surface area contributed by atoms with E-state index in [9.17, 15) is 9.59 Å². The first-order valence-electron chi connectivity index (χ1n) is 7.63. The first kappa shape index (κ1) is 17.8. The van der Waals surface area contributed by atoms with Gasteiger partial charge in [-0.3, -0.25) is 9.59 Å². The van der Waals surface area contributed by atoms with Crippen LogP contribution in [0.15, 0.2) is 29.6 Å². The molecule has 1 heterocycles. The van der Waals surface area contributed by atoms with E-state index in [1.807, 2.05) is 0 Å². The second-order valence-corrected chi connectivity index (χ2v) is 5.54. The van der Waals surface area contributed by atoms with E-state index < -0.39 is 5.91 Å². The number of carbonyl (C=O) groups is 2. The molecule has 2 rings (SSSR count). The van der Waals surface area contributed by atoms with E-state index in [1.54, 1.807) is 25.1 Å². The van der Waals surface area contributed by atoms with Gasteiger partial charge in [0.25, 0.3) is 5.91 Å². The summed E-state index contributed by atoms with van der Waals surface area (Å²) in [4.78, 5) is 23.9. The van der Waals surface area contributed by atoms with Crippen molar-refractivity contribution < 1.29 is 23.8 Å². The number of ketones is 1. The monoisotopic (exact) mass is 334 g/mol. The molecule has 1 saturated heterocycles. The molecular weight excluding hydrogens is 312 g/mol. The Morgan fingerprint density at radius 2 is 2.04 bits per heavy atom. The minimum absolute atomic E-state index is 0.0730. The van der Waals surface area contributed by atoms with E-state index in [4.69, 9.17) is 19.9 Å². The summed E-state index contributed by atoms with van der Waals surface area (Å²) in [5.41, 5.74) is 6.31. The molecular formula is C17H22N2O5. The highest BCUT2D eigenvalue weighted by molar-refractivity contribution is 6.03. The molecule has 0 aromatic heterocycles. The Hall–Kier alpha value is -2.54. The van der Waals surface area contributed by atoms with Crippen LogP contribution in [0.1, 0.15) is 30.6 Å². The van der Waals surface area contributed by atoms with Crippen LogP contribution in [0.2, 0.25) is 0 Å². The Balaban J connectivity index is 2.22. The molecule has 1 aliphatic heterocycles. The largest absolute Gasteiger partial charge is 0.493 e. The highest BCUT2D eigenvalue weighted by Gasteiger charge is 2.21. The lowest BCUT2D eigenvalue weighted by molar-refractivity contribution is -0.114. The lowest BCUT2D eigenvalue weighted by Gasteiger charge is -2.16. The number of amides is 1. The standard InChI is InChI=1S/C17H22N2O5/c1-10(18)16(11(2)20)19-17(21)12-4-5-14(22-3)15(8-12)24-13-6-7-23-9-13/h4-5,8,13H,6-7,9,18H2,1-3H3,(H,19,21). The number of rotatable bonds is 6. The van der Waals surface area contributed by atoms with Gasteiger partial charge in [0.2, 0.25) is 0 Å². The molecule has 1 atom stereocenters. The molecule has 1 amide bonds. The van der Waals surface area contributed by atoms with Crippen molar-refractivity contribution >= 4 is 11.7 Å². The number of methoxy groups -OCH3 is 1. The summed E-state index contributed by atoms with van der Waals surface area (Å²) >= 11 is 0. The number of ether oxygens (including phenoxy) is 3. The maximum atomic E-state index is 12.4. The number of nitrogens with two attached hydrogens (primary N) is 1. The van der Waals surface area contributed by atoms with Crippen LogP contribution in [0.5, 0.6) is 11.5 Å². The fourth-order valence-electron chi connectivity index (χ4n) is 2.35. The van der Waals surface area contributed by atoms with E-state index in [0.29, 0.717) is 30.3 Å². The average molecular weight is 334 g/mol. The SMILES string of the molecule is COc1ccc(C(=O)NC(C(C)=O)=C(C)N)cc1OC1CCOC1. The molecule has 1 aromatic carbocycles. The number of nitrogens with one attached hydrogen (secondary N) is 1. The molecule has 0 spiro atoms. The van der Waals surface area contributed by atoms with Crippen LogP contribution >= 0.6 is 0 Å². The lowest BCUT2D eigenvalue weighted by atomic mass is 10.1. The van der Waals surface area contributed by atoms with Crippen molar-refractivity contribution in [3.05, 3.63) is 35.2 Å². The minimum atomic E-state index is -0.444. The Bertz CT molecular complexity index is 659. The Labute approximate surface area is 140 Å². The smallest absolute Gasteiger partial charge is 0.255 e. The topological polar surface area (TPSA) is 99.9 Å². The Kier molecular flexibility index (Phi) is 5.81. The van der Waals surface area contributed by atoms with Crippen molar-refractivity contribution in [2.45, 2.75) is 26.4 Å². The van der Waals surface area contributed by atoms with Gasteiger partial charge in [-0.1, -0.05) is 0 Å². The number of carbonyl (C=O) groups excluding carboxylic acids is 2. The van der Waals surface area contributed by atoms with Crippen molar-refractivity contribution in [2.24, 2.45) is 5.73 Å². The van der Waals surface area contributed by atoms with Crippen LogP contribution in [0, 0.1) is 0 Å². The molecule has 0 aliphatic carbocycles. The fourth-order valence-corrected chi connectivity index (χ4v) is 2.35. The maximum absolute atomic E-state index is 12.4. The van der Waals surface area contributed by atoms with Crippen LogP contribution in [-0.2, 0) is 9.53 Å². The zero-order valence-corrected chi connectivity index (χ0v) is 14.0. The first-order valence-corrected chi connectivity index (χ1v) is 7.63. The maximum Gasteiger partial charge on any atom is 0.255 e. The predicted octanol–water partition coefficient (Wildman–Crippen LogP) is 1.37. The average Bonchev–Trinajstić information content (AvgIpc) is 3.04. The van der Waals surface area contributed by atoms with Gasteiger partial charge in [0.15, 0.2) is 17.3 Å². The summed E-state index contributed by atoms with van der Waals surface area (Å²) in [6, 6.07) is 4.82. The number of allylic oxidation sites excluding steroid dienone is 2. The van der Waals surface area contributed by atoms with Gasteiger partial charge in [0.1, 0.15) is 11.8 Å². The third-order valence-corrected chi connectivity index (χ3v) is 3.59. The van der Waals surface area contributed by atoms with Crippen LogP contribution in [0.4, 0.5) is 0 Å². The van der Waals surface area contributed by atoms with Crippen molar-refractivity contribution in [1.29, 1.82) is 0 Å². The highest BCUT2D eigenvalue weighted by Crippen LogP contribution is 2.30. The summed E-state index contributed by atoms with van der Waals surface area (Å²) < 4.78 is 16.4. The molecule has 7 nitrogen and oxygen atoms in total. The zero-order valence-electron chi connectivity index (χ0n) is 14.0. The fraction of sp³-hybridized carbons (Fsp3) is 0.412. The van der Waals surface area contributed by atoms with Crippen molar-refractivity contribution in [1.82, 2.24) is 5.32 Å². The highest BCUT2D eigenvalue weighted by atomic mass is 16.6. The molecule has 1 fully saturated rings. The normalized spacial score (nSPS) is 17.9. The van der Waals surface area contributed by atoms with Gasteiger partial charge in [-0.15, -0.1) is 0 Å². The van der Waals surface area contributed by atoms with Crippen LogP contribution in [-0.4, -0.2) is 38.1 Å². The van der Waals surface area contributed by atoms with Gasteiger partial charge in [-0.05, 0) is 25.1 Å². The Morgan fingerprint density at radius 3 is 2.58 bits per heavy atom. The number of hydrogen-bond donors (Lipinski definition) is 2. The van der Waals surface area contributed by atoms with E-state index in [-0.39, 0.29) is 23.3 Å². The molecule has 7 heteroatoms. The number of Topliss-reactive ketones (excluding diaryl/α,β-unsaturated/α-hetero) is 1. The van der Waals surface area contributed by atoms with Gasteiger partial charge >= 0.3 is 0 Å². The molecule has 24 heavy (non-hydrogen) atoms. The predicted molar refractivity (Wildman–Crippen MR) is 87.9 cm³/mol. The number of benzene rings is 1. The molecule has 1 aliphatic rings. The third kappa shape index (κ3) is 4.26. The van der Waals surface area contributed by atoms with Gasteiger partial charge in [-0.2, -0.15) is 0 Å². The second kappa shape index (κ2) is 7.83. The summed E-state index contributed by atoms with van der Waals surface area (Å²) in [6.45, 7) is 4.05. The van der Waals surface area contributed by atoms with Gasteiger partial charge in [0.05, 0.1) is 20.3 Å². The van der Waals surface area contributed by atoms with Crippen molar-refractivity contribution in [3.8, 4) is 11.5 Å². The second-order valence-electron chi connectivity index (χ2n) is 5.54. The van der Waals surface area contributed by atoms with E-state index >= 15 is 0 Å². The van der Waals surface area contributed by atoms with Gasteiger partial charge in [0, 0.05) is 24.6 Å². The van der Waals surface area contributed by atoms with Crippen LogP contribution in [0.25, 0.3) is 0 Å². The van der Waals surface area contributed by atoms with Gasteiger partial charge in [-0.25, -0.2) is 0 Å². The summed E-state index contributed by atoms with van der Waals surface area (Å²) in [7, 11) is 1.53. The summed E-state index contributed by atoms with van der Waals surface area (Å²) in [5, 5.41) is 2.54. The third-order valence-electron chi connectivity index (χ3n) is 3.59. The molecule has 0 saturated carbocycles. The van der Waals surface area contributed by atoms with Gasteiger partial charge < -0.3 is 25.3 Å². The molecule has 1 unspecified atom stereocenters. The lowest BCUT2D eigenvalue weighted by Crippen LogP contribution is -2.29. The van der Waals surface area contributed by atoms with Crippen molar-refractivity contribution in [2.75, 3.05) is 20.3 Å². The van der Waals surface area contributed by atoms with Crippen LogP contribution < -0.4 is 20.5 Å². The summed E-state index contributed by atoms with van der Waals surface area (Å²) in [6.07, 6.45) is 0.708. The minimum Gasteiger partial charge on any atom is -0.493 e. The quantitative estimate of drug-likeness (QED) is 0.762.